The van der Waals surface area contributed by atoms with Gasteiger partial charge in [-0.2, -0.15) is 0 Å². The molecule has 3 atom stereocenters. The van der Waals surface area contributed by atoms with Gasteiger partial charge in [0.05, 0.1) is 5.39 Å². The largest absolute Gasteiger partial charge is 0.384 e. The molecule has 0 aromatic carbocycles. The fraction of sp³-hybridized carbons (Fsp3) is 0.400. The second-order valence-corrected chi connectivity index (χ2v) is 4.87. The highest BCUT2D eigenvalue weighted by Crippen LogP contribution is 2.27. The summed E-state index contributed by atoms with van der Waals surface area (Å²) in [6, 6.07) is 1.60. The topological polar surface area (TPSA) is 117 Å². The molecule has 1 unspecified atom stereocenters. The van der Waals surface area contributed by atoms with Crippen LogP contribution in [0.2, 0.25) is 0 Å². The summed E-state index contributed by atoms with van der Waals surface area (Å²) in [6.45, 7) is 1.18. The number of nitrogen functional groups attached to an aromatic ring is 1. The minimum atomic E-state index is -1.96. The molecule has 0 fully saturated rings. The van der Waals surface area contributed by atoms with Crippen LogP contribution in [0.15, 0.2) is 18.6 Å². The molecule has 0 amide bonds. The molecule has 8 heteroatoms. The van der Waals surface area contributed by atoms with E-state index in [1.807, 2.05) is 0 Å². The number of aliphatic hydroxyl groups is 3. The smallest absolute Gasteiger partial charge is 0.165 e. The summed E-state index contributed by atoms with van der Waals surface area (Å²) >= 11 is 5.55. The fourth-order valence-corrected chi connectivity index (χ4v) is 1.74. The van der Waals surface area contributed by atoms with Gasteiger partial charge in [-0.05, 0) is 13.0 Å². The average Bonchev–Trinajstić information content (AvgIpc) is 2.71. The van der Waals surface area contributed by atoms with E-state index in [2.05, 4.69) is 9.97 Å². The van der Waals surface area contributed by atoms with E-state index in [4.69, 9.17) is 17.3 Å². The van der Waals surface area contributed by atoms with Gasteiger partial charge in [0.1, 0.15) is 23.9 Å². The molecular formula is C10H13ClN4O3. The van der Waals surface area contributed by atoms with Gasteiger partial charge in [-0.1, -0.05) is 11.6 Å². The third-order valence-corrected chi connectivity index (χ3v) is 2.87. The number of nitrogens with two attached hydrogens (primary N) is 1. The summed E-state index contributed by atoms with van der Waals surface area (Å²) < 4.78 is 1.26. The van der Waals surface area contributed by atoms with Crippen LogP contribution in [0.25, 0.3) is 11.0 Å². The van der Waals surface area contributed by atoms with Gasteiger partial charge in [-0.3, -0.25) is 0 Å². The second kappa shape index (κ2) is 4.36. The molecular weight excluding hydrogens is 260 g/mol. The molecule has 0 aliphatic rings. The summed E-state index contributed by atoms with van der Waals surface area (Å²) in [7, 11) is 0. The van der Waals surface area contributed by atoms with Crippen LogP contribution in [0.3, 0.4) is 0 Å². The number of anilines is 1. The Bertz CT molecular complexity index is 566. The first-order valence-corrected chi connectivity index (χ1v) is 5.54. The first-order valence-electron chi connectivity index (χ1n) is 5.17. The Morgan fingerprint density at radius 1 is 1.44 bits per heavy atom. The molecule has 0 saturated carbocycles. The maximum Gasteiger partial charge on any atom is 0.165 e. The van der Waals surface area contributed by atoms with Gasteiger partial charge in [0.25, 0.3) is 0 Å². The summed E-state index contributed by atoms with van der Waals surface area (Å²) in [5.74, 6) is 0.262. The number of nitrogens with zero attached hydrogens (tertiary/aromatic N) is 3. The molecule has 0 bridgehead atoms. The van der Waals surface area contributed by atoms with Crippen LogP contribution in [-0.4, -0.2) is 41.0 Å². The summed E-state index contributed by atoms with van der Waals surface area (Å²) in [5.41, 5.74) is 5.99. The van der Waals surface area contributed by atoms with E-state index in [0.29, 0.717) is 11.0 Å². The first kappa shape index (κ1) is 13.0. The lowest BCUT2D eigenvalue weighted by molar-refractivity contribution is -0.101. The molecule has 2 rings (SSSR count). The van der Waals surface area contributed by atoms with E-state index in [9.17, 15) is 15.3 Å². The number of aliphatic hydroxyl groups excluding tert-OH is 2. The van der Waals surface area contributed by atoms with Crippen molar-refractivity contribution in [3.8, 4) is 0 Å². The second-order valence-electron chi connectivity index (χ2n) is 4.10. The maximum absolute atomic E-state index is 9.97. The Labute approximate surface area is 107 Å². The number of hydrogen-bond acceptors (Lipinski definition) is 6. The Morgan fingerprint density at radius 3 is 2.72 bits per heavy atom. The highest BCUT2D eigenvalue weighted by atomic mass is 35.5. The lowest BCUT2D eigenvalue weighted by atomic mass is 10.2. The van der Waals surface area contributed by atoms with Crippen LogP contribution in [0.5, 0.6) is 0 Å². The minimum absolute atomic E-state index is 0.262. The molecule has 0 aliphatic carbocycles. The molecule has 98 valence electrons. The summed E-state index contributed by atoms with van der Waals surface area (Å²) in [4.78, 5) is 7.77. The standard InChI is InChI=1S/C10H13ClN4O3/c1-10(11,18)6(16)9(17)15-3-2-5-7(12)13-4-14-8(5)15/h2-4,6,9,16-18H,1H3,(H2,12,13,14)/t6-,9+,10?/m0/s1. The van der Waals surface area contributed by atoms with Crippen molar-refractivity contribution in [3.05, 3.63) is 18.6 Å². The molecule has 5 N–H and O–H groups in total. The Hall–Kier alpha value is -1.41. The number of hydrogen-bond donors (Lipinski definition) is 4. The van der Waals surface area contributed by atoms with E-state index >= 15 is 0 Å². The molecule has 7 nitrogen and oxygen atoms in total. The molecule has 0 aliphatic heterocycles. The zero-order valence-corrected chi connectivity index (χ0v) is 10.3. The molecule has 2 aromatic heterocycles. The molecule has 0 radical (unpaired) electrons. The van der Waals surface area contributed by atoms with Gasteiger partial charge in [0, 0.05) is 6.20 Å². The molecule has 0 spiro atoms. The molecule has 2 aromatic rings. The van der Waals surface area contributed by atoms with Crippen LogP contribution < -0.4 is 5.73 Å². The Balaban J connectivity index is 2.46. The first-order chi connectivity index (χ1) is 8.32. The van der Waals surface area contributed by atoms with Crippen LogP contribution >= 0.6 is 11.6 Å². The lowest BCUT2D eigenvalue weighted by Gasteiger charge is -2.27. The van der Waals surface area contributed by atoms with Crippen molar-refractivity contribution in [1.82, 2.24) is 14.5 Å². The van der Waals surface area contributed by atoms with Gasteiger partial charge in [0.2, 0.25) is 0 Å². The van der Waals surface area contributed by atoms with E-state index in [1.165, 1.54) is 24.0 Å². The summed E-state index contributed by atoms with van der Waals surface area (Å²) in [5, 5.41) is 27.7. The molecule has 2 heterocycles. The third kappa shape index (κ3) is 2.13. The van der Waals surface area contributed by atoms with Gasteiger partial charge in [-0.25, -0.2) is 9.97 Å². The number of fused-ring (bicyclic) bond motifs is 1. The van der Waals surface area contributed by atoms with Crippen molar-refractivity contribution in [2.24, 2.45) is 0 Å². The van der Waals surface area contributed by atoms with E-state index in [-0.39, 0.29) is 5.82 Å². The van der Waals surface area contributed by atoms with Crippen LogP contribution in [-0.2, 0) is 0 Å². The molecule has 0 saturated heterocycles. The van der Waals surface area contributed by atoms with Crippen LogP contribution in [0, 0.1) is 0 Å². The number of rotatable bonds is 3. The van der Waals surface area contributed by atoms with Crippen molar-refractivity contribution < 1.29 is 15.3 Å². The van der Waals surface area contributed by atoms with Crippen LogP contribution in [0.4, 0.5) is 5.82 Å². The van der Waals surface area contributed by atoms with E-state index in [1.54, 1.807) is 6.07 Å². The Kier molecular flexibility index (Phi) is 3.16. The van der Waals surface area contributed by atoms with Gasteiger partial charge in [-0.15, -0.1) is 0 Å². The summed E-state index contributed by atoms with van der Waals surface area (Å²) in [6.07, 6.45) is -0.325. The van der Waals surface area contributed by atoms with Crippen molar-refractivity contribution >= 4 is 28.5 Å². The lowest BCUT2D eigenvalue weighted by Crippen LogP contribution is -2.40. The number of alkyl halides is 1. The maximum atomic E-state index is 9.97. The van der Waals surface area contributed by atoms with Crippen molar-refractivity contribution in [1.29, 1.82) is 0 Å². The van der Waals surface area contributed by atoms with Gasteiger partial charge in [0.15, 0.2) is 11.3 Å². The Morgan fingerprint density at radius 2 is 2.11 bits per heavy atom. The minimum Gasteiger partial charge on any atom is -0.384 e. The van der Waals surface area contributed by atoms with Crippen LogP contribution in [0.1, 0.15) is 13.2 Å². The third-order valence-electron chi connectivity index (χ3n) is 2.65. The van der Waals surface area contributed by atoms with Gasteiger partial charge >= 0.3 is 0 Å². The monoisotopic (exact) mass is 272 g/mol. The zero-order valence-electron chi connectivity index (χ0n) is 9.53. The van der Waals surface area contributed by atoms with Crippen molar-refractivity contribution in [2.75, 3.05) is 5.73 Å². The highest BCUT2D eigenvalue weighted by molar-refractivity contribution is 6.22. The van der Waals surface area contributed by atoms with E-state index < -0.39 is 17.4 Å². The molecule has 18 heavy (non-hydrogen) atoms. The average molecular weight is 273 g/mol. The highest BCUT2D eigenvalue weighted by Gasteiger charge is 2.35. The van der Waals surface area contributed by atoms with Gasteiger partial charge < -0.3 is 25.6 Å². The number of halogens is 1. The quantitative estimate of drug-likeness (QED) is 0.576. The zero-order chi connectivity index (χ0) is 13.5. The normalized spacial score (nSPS) is 18.5. The van der Waals surface area contributed by atoms with Crippen molar-refractivity contribution in [3.63, 3.8) is 0 Å². The predicted molar refractivity (Wildman–Crippen MR) is 65.7 cm³/mol. The fourth-order valence-electron chi connectivity index (χ4n) is 1.63. The number of aromatic nitrogens is 3. The SMILES string of the molecule is CC(O)(Cl)[C@@H](O)[C@@H](O)n1ccc2c(N)ncnc21. The van der Waals surface area contributed by atoms with Crippen molar-refractivity contribution in [2.45, 2.75) is 24.3 Å². The predicted octanol–water partition coefficient (Wildman–Crippen LogP) is -0.187. The van der Waals surface area contributed by atoms with E-state index in [0.717, 1.165) is 0 Å².